The first-order chi connectivity index (χ1) is 10.9. The molecule has 0 aliphatic carbocycles. The summed E-state index contributed by atoms with van der Waals surface area (Å²) in [5.74, 6) is 0.640. The van der Waals surface area contributed by atoms with Crippen molar-refractivity contribution < 1.29 is 9.53 Å². The molecule has 0 aromatic heterocycles. The molecule has 1 N–H and O–H groups in total. The molecule has 0 saturated carbocycles. The zero-order chi connectivity index (χ0) is 17.0. The number of benzene rings is 2. The quantitative estimate of drug-likeness (QED) is 0.877. The van der Waals surface area contributed by atoms with Crippen LogP contribution in [0, 0.1) is 20.8 Å². The zero-order valence-electron chi connectivity index (χ0n) is 14.6. The fourth-order valence-electron chi connectivity index (χ4n) is 2.76. The lowest BCUT2D eigenvalue weighted by Gasteiger charge is -2.19. The zero-order valence-corrected chi connectivity index (χ0v) is 14.6. The van der Waals surface area contributed by atoms with Crippen LogP contribution in [0.3, 0.4) is 0 Å². The largest absolute Gasteiger partial charge is 0.481 e. The third kappa shape index (κ3) is 4.13. The lowest BCUT2D eigenvalue weighted by Crippen LogP contribution is -2.31. The van der Waals surface area contributed by atoms with Gasteiger partial charge in [0.25, 0.3) is 5.91 Å². The van der Waals surface area contributed by atoms with E-state index in [-0.39, 0.29) is 5.91 Å². The Labute approximate surface area is 138 Å². The van der Waals surface area contributed by atoms with Gasteiger partial charge in [0.2, 0.25) is 0 Å². The van der Waals surface area contributed by atoms with Crippen LogP contribution in [0.1, 0.15) is 36.1 Å². The number of para-hydroxylation sites is 1. The van der Waals surface area contributed by atoms with Gasteiger partial charge in [0.1, 0.15) is 5.75 Å². The van der Waals surface area contributed by atoms with E-state index in [2.05, 4.69) is 31.3 Å². The molecular formula is C20H25NO2. The van der Waals surface area contributed by atoms with Crippen molar-refractivity contribution in [3.8, 4) is 5.75 Å². The van der Waals surface area contributed by atoms with Gasteiger partial charge in [-0.1, -0.05) is 42.8 Å². The third-order valence-electron chi connectivity index (χ3n) is 3.95. The Morgan fingerprint density at radius 3 is 2.35 bits per heavy atom. The third-order valence-corrected chi connectivity index (χ3v) is 3.95. The summed E-state index contributed by atoms with van der Waals surface area (Å²) in [7, 11) is 0. The highest BCUT2D eigenvalue weighted by Gasteiger charge is 2.17. The van der Waals surface area contributed by atoms with Gasteiger partial charge in [0.15, 0.2) is 6.10 Å². The molecular weight excluding hydrogens is 286 g/mol. The predicted octanol–water partition coefficient (Wildman–Crippen LogP) is 4.58. The molecule has 1 atom stereocenters. The minimum Gasteiger partial charge on any atom is -0.481 e. The van der Waals surface area contributed by atoms with Crippen LogP contribution >= 0.6 is 0 Å². The highest BCUT2D eigenvalue weighted by atomic mass is 16.5. The minimum atomic E-state index is -0.553. The Bertz CT molecular complexity index is 684. The van der Waals surface area contributed by atoms with E-state index in [9.17, 15) is 4.79 Å². The monoisotopic (exact) mass is 311 g/mol. The number of rotatable bonds is 5. The lowest BCUT2D eigenvalue weighted by atomic mass is 10.0. The average molecular weight is 311 g/mol. The molecule has 0 fully saturated rings. The average Bonchev–Trinajstić information content (AvgIpc) is 2.51. The maximum Gasteiger partial charge on any atom is 0.265 e. The molecule has 0 radical (unpaired) electrons. The van der Waals surface area contributed by atoms with Gasteiger partial charge in [0.05, 0.1) is 0 Å². The highest BCUT2D eigenvalue weighted by Crippen LogP contribution is 2.23. The van der Waals surface area contributed by atoms with Gasteiger partial charge < -0.3 is 10.1 Å². The number of aryl methyl sites for hydroxylation is 4. The van der Waals surface area contributed by atoms with Crippen molar-refractivity contribution in [1.82, 2.24) is 0 Å². The molecule has 2 aromatic carbocycles. The molecule has 23 heavy (non-hydrogen) atoms. The van der Waals surface area contributed by atoms with Crippen molar-refractivity contribution in [3.05, 3.63) is 58.7 Å². The summed E-state index contributed by atoms with van der Waals surface area (Å²) in [6.07, 6.45) is 0.323. The summed E-state index contributed by atoms with van der Waals surface area (Å²) < 4.78 is 5.86. The number of ether oxygens (including phenoxy) is 1. The van der Waals surface area contributed by atoms with E-state index in [0.29, 0.717) is 0 Å². The summed E-state index contributed by atoms with van der Waals surface area (Å²) in [4.78, 5) is 12.5. The first-order valence-corrected chi connectivity index (χ1v) is 8.05. The van der Waals surface area contributed by atoms with E-state index in [0.717, 1.165) is 34.5 Å². The Morgan fingerprint density at radius 2 is 1.74 bits per heavy atom. The molecule has 0 unspecified atom stereocenters. The van der Waals surface area contributed by atoms with Gasteiger partial charge in [-0.25, -0.2) is 0 Å². The maximum absolute atomic E-state index is 12.5. The van der Waals surface area contributed by atoms with Gasteiger partial charge in [-0.15, -0.1) is 0 Å². The number of carbonyl (C=O) groups is 1. The van der Waals surface area contributed by atoms with Crippen LogP contribution in [-0.2, 0) is 11.2 Å². The van der Waals surface area contributed by atoms with Crippen LogP contribution < -0.4 is 10.1 Å². The molecule has 2 rings (SSSR count). The fraction of sp³-hybridized carbons (Fsp3) is 0.350. The van der Waals surface area contributed by atoms with Crippen molar-refractivity contribution in [2.45, 2.75) is 47.1 Å². The van der Waals surface area contributed by atoms with Crippen molar-refractivity contribution in [1.29, 1.82) is 0 Å². The van der Waals surface area contributed by atoms with E-state index >= 15 is 0 Å². The first-order valence-electron chi connectivity index (χ1n) is 8.05. The van der Waals surface area contributed by atoms with Gasteiger partial charge >= 0.3 is 0 Å². The highest BCUT2D eigenvalue weighted by molar-refractivity contribution is 5.95. The molecule has 2 aromatic rings. The molecule has 3 nitrogen and oxygen atoms in total. The van der Waals surface area contributed by atoms with Crippen LogP contribution in [-0.4, -0.2) is 12.0 Å². The maximum atomic E-state index is 12.5. The number of hydrogen-bond donors (Lipinski definition) is 1. The SMILES string of the molecule is CCc1ccccc1O[C@@H](C)C(=O)Nc1c(C)cc(C)cc1C. The second-order valence-corrected chi connectivity index (χ2v) is 5.98. The number of carbonyl (C=O) groups excluding carboxylic acids is 1. The minimum absolute atomic E-state index is 0.133. The Morgan fingerprint density at radius 1 is 1.13 bits per heavy atom. The molecule has 122 valence electrons. The molecule has 0 heterocycles. The number of anilines is 1. The Hall–Kier alpha value is -2.29. The summed E-state index contributed by atoms with van der Waals surface area (Å²) in [5.41, 5.74) is 5.31. The smallest absolute Gasteiger partial charge is 0.265 e. The normalized spacial score (nSPS) is 11.9. The van der Waals surface area contributed by atoms with Crippen molar-refractivity contribution in [3.63, 3.8) is 0 Å². The van der Waals surface area contributed by atoms with E-state index in [4.69, 9.17) is 4.74 Å². The van der Waals surface area contributed by atoms with Crippen LogP contribution in [0.4, 0.5) is 5.69 Å². The van der Waals surface area contributed by atoms with Crippen LogP contribution in [0.2, 0.25) is 0 Å². The first kappa shape index (κ1) is 17.1. The van der Waals surface area contributed by atoms with Gasteiger partial charge in [-0.3, -0.25) is 4.79 Å². The van der Waals surface area contributed by atoms with Gasteiger partial charge in [0, 0.05) is 5.69 Å². The van der Waals surface area contributed by atoms with Gasteiger partial charge in [-0.05, 0) is 56.9 Å². The standard InChI is InChI=1S/C20H25NO2/c1-6-17-9-7-8-10-18(17)23-16(5)20(22)21-19-14(3)11-13(2)12-15(19)4/h7-12,16H,6H2,1-5H3,(H,21,22)/t16-/m0/s1. The van der Waals surface area contributed by atoms with Gasteiger partial charge in [-0.2, -0.15) is 0 Å². The fourth-order valence-corrected chi connectivity index (χ4v) is 2.76. The molecule has 3 heteroatoms. The van der Waals surface area contributed by atoms with E-state index in [1.807, 2.05) is 38.1 Å². The summed E-state index contributed by atoms with van der Waals surface area (Å²) in [5, 5.41) is 3.00. The molecule has 1 amide bonds. The van der Waals surface area contributed by atoms with E-state index in [1.54, 1.807) is 6.92 Å². The topological polar surface area (TPSA) is 38.3 Å². The van der Waals surface area contributed by atoms with E-state index < -0.39 is 6.10 Å². The van der Waals surface area contributed by atoms with Crippen LogP contribution in [0.5, 0.6) is 5.75 Å². The molecule has 0 aliphatic heterocycles. The summed E-state index contributed by atoms with van der Waals surface area (Å²) in [6.45, 7) is 9.92. The number of hydrogen-bond acceptors (Lipinski definition) is 2. The molecule has 0 spiro atoms. The molecule has 0 aliphatic rings. The number of nitrogens with one attached hydrogen (secondary N) is 1. The van der Waals surface area contributed by atoms with E-state index in [1.165, 1.54) is 5.56 Å². The Kier molecular flexibility index (Phi) is 5.43. The number of amides is 1. The lowest BCUT2D eigenvalue weighted by molar-refractivity contribution is -0.122. The molecule has 0 saturated heterocycles. The van der Waals surface area contributed by atoms with Crippen molar-refractivity contribution >= 4 is 11.6 Å². The van der Waals surface area contributed by atoms with Crippen LogP contribution in [0.25, 0.3) is 0 Å². The summed E-state index contributed by atoms with van der Waals surface area (Å²) in [6, 6.07) is 12.0. The summed E-state index contributed by atoms with van der Waals surface area (Å²) >= 11 is 0. The Balaban J connectivity index is 2.12. The van der Waals surface area contributed by atoms with Crippen molar-refractivity contribution in [2.75, 3.05) is 5.32 Å². The second-order valence-electron chi connectivity index (χ2n) is 5.98. The predicted molar refractivity (Wildman–Crippen MR) is 95.2 cm³/mol. The molecule has 0 bridgehead atoms. The second kappa shape index (κ2) is 7.32. The van der Waals surface area contributed by atoms with Crippen molar-refractivity contribution in [2.24, 2.45) is 0 Å². The van der Waals surface area contributed by atoms with Crippen LogP contribution in [0.15, 0.2) is 36.4 Å².